The molecule has 0 aliphatic rings. The average Bonchev–Trinajstić information content (AvgIpc) is 2.23. The van der Waals surface area contributed by atoms with Crippen LogP contribution in [0.2, 0.25) is 0 Å². The van der Waals surface area contributed by atoms with Crippen LogP contribution in [0.3, 0.4) is 0 Å². The SMILES string of the molecule is CC(CCCNC(C)(C)C)Oc1cccc(I)c1. The van der Waals surface area contributed by atoms with Gasteiger partial charge in [0.05, 0.1) is 6.10 Å². The first-order valence-corrected chi connectivity index (χ1v) is 7.62. The molecule has 1 atom stereocenters. The lowest BCUT2D eigenvalue weighted by Crippen LogP contribution is -2.36. The summed E-state index contributed by atoms with van der Waals surface area (Å²) >= 11 is 2.31. The molecule has 1 N–H and O–H groups in total. The molecule has 1 aromatic carbocycles. The first-order chi connectivity index (χ1) is 8.37. The average molecular weight is 361 g/mol. The van der Waals surface area contributed by atoms with Crippen LogP contribution in [-0.2, 0) is 0 Å². The fraction of sp³-hybridized carbons (Fsp3) is 0.600. The minimum atomic E-state index is 0.208. The number of ether oxygens (including phenoxy) is 1. The molecular formula is C15H24INO. The predicted molar refractivity (Wildman–Crippen MR) is 86.2 cm³/mol. The topological polar surface area (TPSA) is 21.3 Å². The molecule has 0 radical (unpaired) electrons. The van der Waals surface area contributed by atoms with Crippen LogP contribution in [0.1, 0.15) is 40.5 Å². The van der Waals surface area contributed by atoms with E-state index in [1.165, 1.54) is 3.57 Å². The van der Waals surface area contributed by atoms with Gasteiger partial charge >= 0.3 is 0 Å². The highest BCUT2D eigenvalue weighted by Gasteiger charge is 2.09. The molecule has 0 spiro atoms. The number of halogens is 1. The van der Waals surface area contributed by atoms with E-state index in [-0.39, 0.29) is 11.6 Å². The van der Waals surface area contributed by atoms with Crippen LogP contribution in [0, 0.1) is 3.57 Å². The quantitative estimate of drug-likeness (QED) is 0.605. The van der Waals surface area contributed by atoms with Crippen LogP contribution >= 0.6 is 22.6 Å². The van der Waals surface area contributed by atoms with E-state index in [4.69, 9.17) is 4.74 Å². The number of hydrogen-bond donors (Lipinski definition) is 1. The smallest absolute Gasteiger partial charge is 0.120 e. The van der Waals surface area contributed by atoms with Gasteiger partial charge in [-0.1, -0.05) is 6.07 Å². The molecule has 0 heterocycles. The Morgan fingerprint density at radius 1 is 1.33 bits per heavy atom. The summed E-state index contributed by atoms with van der Waals surface area (Å²) in [6.07, 6.45) is 2.49. The fourth-order valence-electron chi connectivity index (χ4n) is 1.68. The Hall–Kier alpha value is -0.290. The summed E-state index contributed by atoms with van der Waals surface area (Å²) < 4.78 is 7.11. The Bertz CT molecular complexity index is 360. The molecule has 0 bridgehead atoms. The maximum Gasteiger partial charge on any atom is 0.120 e. The maximum atomic E-state index is 5.89. The summed E-state index contributed by atoms with van der Waals surface area (Å²) in [5.74, 6) is 0.971. The zero-order valence-corrected chi connectivity index (χ0v) is 14.0. The second kappa shape index (κ2) is 7.34. The Balaban J connectivity index is 2.24. The number of hydrogen-bond acceptors (Lipinski definition) is 2. The van der Waals surface area contributed by atoms with E-state index in [9.17, 15) is 0 Å². The monoisotopic (exact) mass is 361 g/mol. The van der Waals surface area contributed by atoms with Crippen LogP contribution < -0.4 is 10.1 Å². The van der Waals surface area contributed by atoms with Crippen LogP contribution in [0.25, 0.3) is 0 Å². The van der Waals surface area contributed by atoms with Crippen molar-refractivity contribution < 1.29 is 4.74 Å². The largest absolute Gasteiger partial charge is 0.491 e. The van der Waals surface area contributed by atoms with Gasteiger partial charge in [-0.2, -0.15) is 0 Å². The summed E-state index contributed by atoms with van der Waals surface area (Å²) in [5.41, 5.74) is 0.208. The molecule has 18 heavy (non-hydrogen) atoms. The Kier molecular flexibility index (Phi) is 6.43. The van der Waals surface area contributed by atoms with Crippen LogP contribution in [0.15, 0.2) is 24.3 Å². The van der Waals surface area contributed by atoms with Gasteiger partial charge < -0.3 is 10.1 Å². The van der Waals surface area contributed by atoms with Crippen molar-refractivity contribution in [2.24, 2.45) is 0 Å². The lowest BCUT2D eigenvalue weighted by molar-refractivity contribution is 0.205. The standard InChI is InChI=1S/C15H24INO/c1-12(7-6-10-17-15(2,3)4)18-14-9-5-8-13(16)11-14/h5,8-9,11-12,17H,6-7,10H2,1-4H3. The lowest BCUT2D eigenvalue weighted by Gasteiger charge is -2.21. The van der Waals surface area contributed by atoms with Gasteiger partial charge in [0.15, 0.2) is 0 Å². The van der Waals surface area contributed by atoms with E-state index < -0.39 is 0 Å². The van der Waals surface area contributed by atoms with Crippen molar-refractivity contribution in [3.8, 4) is 5.75 Å². The third kappa shape index (κ3) is 7.21. The maximum absolute atomic E-state index is 5.89. The first-order valence-electron chi connectivity index (χ1n) is 6.54. The van der Waals surface area contributed by atoms with Crippen molar-refractivity contribution in [1.82, 2.24) is 5.32 Å². The van der Waals surface area contributed by atoms with Gasteiger partial charge in [0, 0.05) is 9.11 Å². The molecule has 0 aliphatic heterocycles. The molecule has 1 rings (SSSR count). The molecule has 0 amide bonds. The Morgan fingerprint density at radius 2 is 2.06 bits per heavy atom. The van der Waals surface area contributed by atoms with E-state index >= 15 is 0 Å². The van der Waals surface area contributed by atoms with Crippen molar-refractivity contribution in [2.45, 2.75) is 52.2 Å². The summed E-state index contributed by atoms with van der Waals surface area (Å²) in [6.45, 7) is 9.76. The number of nitrogens with one attached hydrogen (secondary N) is 1. The zero-order chi connectivity index (χ0) is 13.6. The predicted octanol–water partition coefficient (Wildman–Crippen LogP) is 4.23. The van der Waals surface area contributed by atoms with Crippen molar-refractivity contribution in [2.75, 3.05) is 6.54 Å². The number of rotatable bonds is 6. The molecule has 0 aromatic heterocycles. The summed E-state index contributed by atoms with van der Waals surface area (Å²) in [6, 6.07) is 8.20. The normalized spacial score (nSPS) is 13.4. The summed E-state index contributed by atoms with van der Waals surface area (Å²) in [4.78, 5) is 0. The lowest BCUT2D eigenvalue weighted by atomic mass is 10.1. The molecule has 3 heteroatoms. The second-order valence-electron chi connectivity index (χ2n) is 5.70. The van der Waals surface area contributed by atoms with Crippen LogP contribution in [0.4, 0.5) is 0 Å². The molecule has 1 aromatic rings. The van der Waals surface area contributed by atoms with Crippen LogP contribution in [-0.4, -0.2) is 18.2 Å². The summed E-state index contributed by atoms with van der Waals surface area (Å²) in [5, 5.41) is 3.49. The molecule has 0 saturated carbocycles. The minimum absolute atomic E-state index is 0.208. The number of benzene rings is 1. The van der Waals surface area contributed by atoms with E-state index in [0.29, 0.717) is 0 Å². The molecule has 2 nitrogen and oxygen atoms in total. The van der Waals surface area contributed by atoms with Gasteiger partial charge in [-0.15, -0.1) is 0 Å². The fourth-order valence-corrected chi connectivity index (χ4v) is 2.20. The van der Waals surface area contributed by atoms with Gasteiger partial charge in [-0.3, -0.25) is 0 Å². The molecule has 102 valence electrons. The Morgan fingerprint density at radius 3 is 2.67 bits per heavy atom. The third-order valence-corrected chi connectivity index (χ3v) is 3.25. The molecule has 0 fully saturated rings. The summed E-state index contributed by atoms with van der Waals surface area (Å²) in [7, 11) is 0. The van der Waals surface area contributed by atoms with Crippen molar-refractivity contribution in [3.05, 3.63) is 27.8 Å². The van der Waals surface area contributed by atoms with E-state index in [1.807, 2.05) is 12.1 Å². The van der Waals surface area contributed by atoms with E-state index in [1.54, 1.807) is 0 Å². The van der Waals surface area contributed by atoms with Crippen molar-refractivity contribution in [3.63, 3.8) is 0 Å². The molecule has 0 aliphatic carbocycles. The highest BCUT2D eigenvalue weighted by atomic mass is 127. The van der Waals surface area contributed by atoms with Gasteiger partial charge in [-0.25, -0.2) is 0 Å². The van der Waals surface area contributed by atoms with Crippen LogP contribution in [0.5, 0.6) is 5.75 Å². The van der Waals surface area contributed by atoms with Crippen molar-refractivity contribution in [1.29, 1.82) is 0 Å². The minimum Gasteiger partial charge on any atom is -0.491 e. The highest BCUT2D eigenvalue weighted by Crippen LogP contribution is 2.17. The van der Waals surface area contributed by atoms with E-state index in [0.717, 1.165) is 25.1 Å². The Labute approximate surface area is 125 Å². The van der Waals surface area contributed by atoms with Gasteiger partial charge in [0.1, 0.15) is 5.75 Å². The zero-order valence-electron chi connectivity index (χ0n) is 11.8. The second-order valence-corrected chi connectivity index (χ2v) is 6.95. The third-order valence-electron chi connectivity index (χ3n) is 2.58. The molecule has 0 saturated heterocycles. The van der Waals surface area contributed by atoms with Gasteiger partial charge in [-0.05, 0) is 87.9 Å². The van der Waals surface area contributed by atoms with E-state index in [2.05, 4.69) is 67.7 Å². The first kappa shape index (κ1) is 15.8. The van der Waals surface area contributed by atoms with Crippen molar-refractivity contribution >= 4 is 22.6 Å². The molecular weight excluding hydrogens is 337 g/mol. The van der Waals surface area contributed by atoms with Gasteiger partial charge in [0.2, 0.25) is 0 Å². The molecule has 1 unspecified atom stereocenters. The van der Waals surface area contributed by atoms with Gasteiger partial charge in [0.25, 0.3) is 0 Å². The highest BCUT2D eigenvalue weighted by molar-refractivity contribution is 14.1.